The van der Waals surface area contributed by atoms with Gasteiger partial charge in [-0.1, -0.05) is 43.2 Å². The first kappa shape index (κ1) is 14.7. The first-order chi connectivity index (χ1) is 8.52. The van der Waals surface area contributed by atoms with Gasteiger partial charge in [0.2, 0.25) is 5.91 Å². The smallest absolute Gasteiger partial charge is 0.224 e. The van der Waals surface area contributed by atoms with Crippen molar-refractivity contribution in [3.63, 3.8) is 0 Å². The van der Waals surface area contributed by atoms with Crippen LogP contribution in [-0.4, -0.2) is 23.9 Å². The molecule has 0 aromatic heterocycles. The number of hydrogen-bond donors (Lipinski definition) is 1. The fraction of sp³-hybridized carbons (Fsp3) is 0.533. The van der Waals surface area contributed by atoms with Crippen molar-refractivity contribution >= 4 is 5.91 Å². The Morgan fingerprint density at radius 3 is 2.78 bits per heavy atom. The van der Waals surface area contributed by atoms with E-state index in [1.807, 2.05) is 19.2 Å². The molecule has 1 amide bonds. The van der Waals surface area contributed by atoms with Gasteiger partial charge in [-0.3, -0.25) is 4.79 Å². The highest BCUT2D eigenvalue weighted by atomic mass is 16.2. The predicted molar refractivity (Wildman–Crippen MR) is 75.2 cm³/mol. The van der Waals surface area contributed by atoms with Gasteiger partial charge in [-0.05, 0) is 18.9 Å². The maximum atomic E-state index is 12.0. The van der Waals surface area contributed by atoms with E-state index >= 15 is 0 Å². The fourth-order valence-corrected chi connectivity index (χ4v) is 2.03. The molecule has 0 aliphatic heterocycles. The lowest BCUT2D eigenvalue weighted by molar-refractivity contribution is -0.130. The van der Waals surface area contributed by atoms with Crippen LogP contribution in [0.3, 0.4) is 0 Å². The molecule has 0 heterocycles. The van der Waals surface area contributed by atoms with E-state index in [-0.39, 0.29) is 11.9 Å². The minimum Gasteiger partial charge on any atom is -0.341 e. The van der Waals surface area contributed by atoms with Crippen LogP contribution in [0.2, 0.25) is 0 Å². The number of amides is 1. The summed E-state index contributed by atoms with van der Waals surface area (Å²) in [5.74, 6) is 0.123. The molecule has 0 saturated carbocycles. The van der Waals surface area contributed by atoms with Crippen LogP contribution < -0.4 is 5.73 Å². The molecule has 100 valence electrons. The standard InChI is InChI=1S/C15H24N2O/c1-4-6-14(16)10-15(18)17(3)11-13-8-5-7-12(2)9-13/h5,7-9,14H,4,6,10-11,16H2,1-3H3. The second-order valence-electron chi connectivity index (χ2n) is 4.99. The molecule has 0 radical (unpaired) electrons. The van der Waals surface area contributed by atoms with E-state index in [4.69, 9.17) is 5.73 Å². The van der Waals surface area contributed by atoms with E-state index in [9.17, 15) is 4.79 Å². The molecule has 1 aromatic carbocycles. The van der Waals surface area contributed by atoms with Crippen molar-refractivity contribution in [3.8, 4) is 0 Å². The van der Waals surface area contributed by atoms with Gasteiger partial charge in [0.15, 0.2) is 0 Å². The van der Waals surface area contributed by atoms with E-state index < -0.39 is 0 Å². The van der Waals surface area contributed by atoms with Crippen LogP contribution >= 0.6 is 0 Å². The Hall–Kier alpha value is -1.35. The van der Waals surface area contributed by atoms with Gasteiger partial charge >= 0.3 is 0 Å². The summed E-state index contributed by atoms with van der Waals surface area (Å²) in [4.78, 5) is 13.7. The lowest BCUT2D eigenvalue weighted by Gasteiger charge is -2.19. The molecule has 1 unspecified atom stereocenters. The van der Waals surface area contributed by atoms with Crippen LogP contribution in [0, 0.1) is 6.92 Å². The topological polar surface area (TPSA) is 46.3 Å². The van der Waals surface area contributed by atoms with Crippen molar-refractivity contribution in [1.82, 2.24) is 4.90 Å². The zero-order valence-electron chi connectivity index (χ0n) is 11.6. The van der Waals surface area contributed by atoms with E-state index in [0.717, 1.165) is 18.4 Å². The SMILES string of the molecule is CCCC(N)CC(=O)N(C)Cc1cccc(C)c1. The maximum Gasteiger partial charge on any atom is 0.224 e. The summed E-state index contributed by atoms with van der Waals surface area (Å²) in [6.45, 7) is 4.79. The molecule has 1 atom stereocenters. The molecule has 0 bridgehead atoms. The third-order valence-electron chi connectivity index (χ3n) is 3.02. The Kier molecular flexibility index (Phi) is 5.86. The second-order valence-corrected chi connectivity index (χ2v) is 4.99. The van der Waals surface area contributed by atoms with Crippen molar-refractivity contribution in [1.29, 1.82) is 0 Å². The monoisotopic (exact) mass is 248 g/mol. The summed E-state index contributed by atoms with van der Waals surface area (Å²) in [6, 6.07) is 8.22. The number of aryl methyl sites for hydroxylation is 1. The summed E-state index contributed by atoms with van der Waals surface area (Å²) >= 11 is 0. The third-order valence-corrected chi connectivity index (χ3v) is 3.02. The van der Waals surface area contributed by atoms with Crippen molar-refractivity contribution in [2.75, 3.05) is 7.05 Å². The first-order valence-corrected chi connectivity index (χ1v) is 6.58. The zero-order chi connectivity index (χ0) is 13.5. The molecule has 3 nitrogen and oxygen atoms in total. The number of hydrogen-bond acceptors (Lipinski definition) is 2. The highest BCUT2D eigenvalue weighted by Gasteiger charge is 2.13. The molecule has 3 heteroatoms. The predicted octanol–water partition coefficient (Wildman–Crippen LogP) is 2.47. The first-order valence-electron chi connectivity index (χ1n) is 6.58. The average molecular weight is 248 g/mol. The average Bonchev–Trinajstić information content (AvgIpc) is 2.29. The fourth-order valence-electron chi connectivity index (χ4n) is 2.03. The van der Waals surface area contributed by atoms with Gasteiger partial charge in [-0.25, -0.2) is 0 Å². The molecule has 18 heavy (non-hydrogen) atoms. The molecule has 0 aliphatic carbocycles. The third kappa shape index (κ3) is 4.88. The molecule has 1 aromatic rings. The molecule has 0 saturated heterocycles. The van der Waals surface area contributed by atoms with Gasteiger partial charge in [0.05, 0.1) is 0 Å². The minimum absolute atomic E-state index is 0.0116. The van der Waals surface area contributed by atoms with Crippen LogP contribution in [0.25, 0.3) is 0 Å². The van der Waals surface area contributed by atoms with E-state index in [2.05, 4.69) is 26.0 Å². The van der Waals surface area contributed by atoms with Gasteiger partial charge in [-0.2, -0.15) is 0 Å². The Labute approximate surface area is 110 Å². The normalized spacial score (nSPS) is 12.2. The van der Waals surface area contributed by atoms with Gasteiger partial charge < -0.3 is 10.6 Å². The quantitative estimate of drug-likeness (QED) is 0.840. The number of carbonyl (C=O) groups excluding carboxylic acids is 1. The van der Waals surface area contributed by atoms with Crippen molar-refractivity contribution in [2.45, 2.75) is 45.7 Å². The summed E-state index contributed by atoms with van der Waals surface area (Å²) < 4.78 is 0. The van der Waals surface area contributed by atoms with Crippen LogP contribution in [0.4, 0.5) is 0 Å². The minimum atomic E-state index is -0.0116. The highest BCUT2D eigenvalue weighted by Crippen LogP contribution is 2.08. The largest absolute Gasteiger partial charge is 0.341 e. The zero-order valence-corrected chi connectivity index (χ0v) is 11.6. The number of rotatable bonds is 6. The van der Waals surface area contributed by atoms with E-state index in [1.54, 1.807) is 4.90 Å². The number of nitrogens with two attached hydrogens (primary N) is 1. The summed E-state index contributed by atoms with van der Waals surface area (Å²) in [6.07, 6.45) is 2.37. The Bertz CT molecular complexity index is 390. The maximum absolute atomic E-state index is 12.0. The van der Waals surface area contributed by atoms with Crippen molar-refractivity contribution < 1.29 is 4.79 Å². The molecule has 0 aliphatic rings. The lowest BCUT2D eigenvalue weighted by atomic mass is 10.1. The molecule has 0 spiro atoms. The van der Waals surface area contributed by atoms with E-state index in [1.165, 1.54) is 5.56 Å². The van der Waals surface area contributed by atoms with Crippen LogP contribution in [0.15, 0.2) is 24.3 Å². The Morgan fingerprint density at radius 2 is 2.17 bits per heavy atom. The number of nitrogens with zero attached hydrogens (tertiary/aromatic N) is 1. The Morgan fingerprint density at radius 1 is 1.44 bits per heavy atom. The van der Waals surface area contributed by atoms with Gasteiger partial charge in [0.1, 0.15) is 0 Å². The van der Waals surface area contributed by atoms with Gasteiger partial charge in [0, 0.05) is 26.1 Å². The molecule has 1 rings (SSSR count). The lowest BCUT2D eigenvalue weighted by Crippen LogP contribution is -2.32. The van der Waals surface area contributed by atoms with Crippen LogP contribution in [0.5, 0.6) is 0 Å². The van der Waals surface area contributed by atoms with Gasteiger partial charge in [0.25, 0.3) is 0 Å². The summed E-state index contributed by atoms with van der Waals surface area (Å²) in [5.41, 5.74) is 8.27. The van der Waals surface area contributed by atoms with Crippen LogP contribution in [0.1, 0.15) is 37.3 Å². The molecular formula is C15H24N2O. The second kappa shape index (κ2) is 7.17. The van der Waals surface area contributed by atoms with Crippen LogP contribution in [-0.2, 0) is 11.3 Å². The highest BCUT2D eigenvalue weighted by molar-refractivity contribution is 5.76. The number of carbonyl (C=O) groups is 1. The Balaban J connectivity index is 2.49. The van der Waals surface area contributed by atoms with E-state index in [0.29, 0.717) is 13.0 Å². The van der Waals surface area contributed by atoms with Crippen molar-refractivity contribution in [3.05, 3.63) is 35.4 Å². The van der Waals surface area contributed by atoms with Gasteiger partial charge in [-0.15, -0.1) is 0 Å². The summed E-state index contributed by atoms with van der Waals surface area (Å²) in [5, 5.41) is 0. The number of benzene rings is 1. The van der Waals surface area contributed by atoms with Crippen molar-refractivity contribution in [2.24, 2.45) is 5.73 Å². The molecule has 0 fully saturated rings. The summed E-state index contributed by atoms with van der Waals surface area (Å²) in [7, 11) is 1.84. The molecule has 2 N–H and O–H groups in total. The molecular weight excluding hydrogens is 224 g/mol.